The Balaban J connectivity index is 2.16. The molecule has 0 saturated carbocycles. The number of halogens is 2. The standard InChI is InChI=1S/C13H12BrClN2O2/c1-17(7-9-3-5-12(14)19-9)13(18)10-6-8(15)2-4-11(10)16/h2-6H,7,16H2,1H3. The van der Waals surface area contributed by atoms with E-state index in [-0.39, 0.29) is 5.91 Å². The van der Waals surface area contributed by atoms with Crippen molar-refractivity contribution in [1.29, 1.82) is 0 Å². The molecule has 0 aliphatic heterocycles. The molecule has 0 radical (unpaired) electrons. The largest absolute Gasteiger partial charge is 0.452 e. The summed E-state index contributed by atoms with van der Waals surface area (Å²) in [5.74, 6) is 0.482. The minimum absolute atomic E-state index is 0.201. The summed E-state index contributed by atoms with van der Waals surface area (Å²) in [6, 6.07) is 8.41. The number of rotatable bonds is 3. The van der Waals surface area contributed by atoms with Crippen LogP contribution in [0.3, 0.4) is 0 Å². The molecule has 6 heteroatoms. The lowest BCUT2D eigenvalue weighted by Crippen LogP contribution is -2.26. The maximum absolute atomic E-state index is 12.3. The van der Waals surface area contributed by atoms with Gasteiger partial charge in [-0.05, 0) is 46.3 Å². The normalized spacial score (nSPS) is 10.5. The number of carbonyl (C=O) groups excluding carboxylic acids is 1. The lowest BCUT2D eigenvalue weighted by atomic mass is 10.1. The second-order valence-corrected chi connectivity index (χ2v) is 5.32. The third kappa shape index (κ3) is 3.30. The van der Waals surface area contributed by atoms with Crippen LogP contribution in [0.2, 0.25) is 5.02 Å². The number of hydrogen-bond donors (Lipinski definition) is 1. The van der Waals surface area contributed by atoms with E-state index in [1.54, 1.807) is 37.4 Å². The zero-order valence-electron chi connectivity index (χ0n) is 10.2. The molecule has 2 rings (SSSR count). The van der Waals surface area contributed by atoms with Crippen LogP contribution in [0.15, 0.2) is 39.4 Å². The van der Waals surface area contributed by atoms with Gasteiger partial charge in [-0.1, -0.05) is 11.6 Å². The topological polar surface area (TPSA) is 59.5 Å². The van der Waals surface area contributed by atoms with E-state index >= 15 is 0 Å². The van der Waals surface area contributed by atoms with Crippen LogP contribution >= 0.6 is 27.5 Å². The highest BCUT2D eigenvalue weighted by molar-refractivity contribution is 9.10. The fourth-order valence-corrected chi connectivity index (χ4v) is 2.17. The molecule has 0 unspecified atom stereocenters. The van der Waals surface area contributed by atoms with Crippen molar-refractivity contribution in [3.8, 4) is 0 Å². The molecule has 1 amide bonds. The minimum Gasteiger partial charge on any atom is -0.452 e. The van der Waals surface area contributed by atoms with Gasteiger partial charge in [-0.2, -0.15) is 0 Å². The van der Waals surface area contributed by atoms with Crippen LogP contribution in [0.4, 0.5) is 5.69 Å². The van der Waals surface area contributed by atoms with E-state index in [1.165, 1.54) is 4.90 Å². The van der Waals surface area contributed by atoms with Crippen LogP contribution in [0.5, 0.6) is 0 Å². The van der Waals surface area contributed by atoms with Crippen molar-refractivity contribution in [3.63, 3.8) is 0 Å². The molecule has 0 saturated heterocycles. The van der Waals surface area contributed by atoms with E-state index in [0.29, 0.717) is 33.2 Å². The van der Waals surface area contributed by atoms with Gasteiger partial charge in [-0.25, -0.2) is 0 Å². The van der Waals surface area contributed by atoms with Gasteiger partial charge in [0, 0.05) is 17.8 Å². The lowest BCUT2D eigenvalue weighted by Gasteiger charge is -2.17. The van der Waals surface area contributed by atoms with E-state index < -0.39 is 0 Å². The van der Waals surface area contributed by atoms with E-state index in [0.717, 1.165) is 0 Å². The molecule has 100 valence electrons. The number of benzene rings is 1. The monoisotopic (exact) mass is 342 g/mol. The Hall–Kier alpha value is -1.46. The molecular weight excluding hydrogens is 332 g/mol. The number of carbonyl (C=O) groups is 1. The molecule has 19 heavy (non-hydrogen) atoms. The average Bonchev–Trinajstić information content (AvgIpc) is 2.77. The van der Waals surface area contributed by atoms with Crippen LogP contribution in [0.1, 0.15) is 16.1 Å². The van der Waals surface area contributed by atoms with Gasteiger partial charge in [0.25, 0.3) is 5.91 Å². The van der Waals surface area contributed by atoms with Crippen LogP contribution in [0, 0.1) is 0 Å². The summed E-state index contributed by atoms with van der Waals surface area (Å²) in [4.78, 5) is 13.8. The van der Waals surface area contributed by atoms with E-state index in [9.17, 15) is 4.79 Å². The Morgan fingerprint density at radius 2 is 2.16 bits per heavy atom. The number of furan rings is 1. The fourth-order valence-electron chi connectivity index (χ4n) is 1.66. The van der Waals surface area contributed by atoms with Gasteiger partial charge in [0.1, 0.15) is 5.76 Å². The zero-order valence-corrected chi connectivity index (χ0v) is 12.5. The Labute approximate surface area is 124 Å². The van der Waals surface area contributed by atoms with Gasteiger partial charge in [0.05, 0.1) is 12.1 Å². The molecule has 0 fully saturated rings. The second kappa shape index (κ2) is 5.67. The smallest absolute Gasteiger partial charge is 0.256 e. The Morgan fingerprint density at radius 1 is 1.42 bits per heavy atom. The first-order valence-corrected chi connectivity index (χ1v) is 6.69. The van der Waals surface area contributed by atoms with Gasteiger partial charge in [-0.15, -0.1) is 0 Å². The summed E-state index contributed by atoms with van der Waals surface area (Å²) in [5.41, 5.74) is 6.58. The lowest BCUT2D eigenvalue weighted by molar-refractivity contribution is 0.0776. The van der Waals surface area contributed by atoms with Crippen LogP contribution in [0.25, 0.3) is 0 Å². The van der Waals surface area contributed by atoms with E-state index in [1.807, 2.05) is 0 Å². The Morgan fingerprint density at radius 3 is 2.79 bits per heavy atom. The van der Waals surface area contributed by atoms with Crippen LogP contribution < -0.4 is 5.73 Å². The molecule has 2 aromatic rings. The molecule has 0 bridgehead atoms. The van der Waals surface area contributed by atoms with Crippen LogP contribution in [-0.2, 0) is 6.54 Å². The number of nitrogen functional groups attached to an aromatic ring is 1. The second-order valence-electron chi connectivity index (χ2n) is 4.10. The summed E-state index contributed by atoms with van der Waals surface area (Å²) in [7, 11) is 1.68. The highest BCUT2D eigenvalue weighted by atomic mass is 79.9. The summed E-state index contributed by atoms with van der Waals surface area (Å²) >= 11 is 9.10. The number of hydrogen-bond acceptors (Lipinski definition) is 3. The molecule has 1 aromatic carbocycles. The number of nitrogens with zero attached hydrogens (tertiary/aromatic N) is 1. The van der Waals surface area contributed by atoms with Crippen LogP contribution in [-0.4, -0.2) is 17.9 Å². The summed E-state index contributed by atoms with van der Waals surface area (Å²) in [6.07, 6.45) is 0. The van der Waals surface area contributed by atoms with E-state index in [2.05, 4.69) is 15.9 Å². The number of amides is 1. The maximum Gasteiger partial charge on any atom is 0.256 e. The van der Waals surface area contributed by atoms with Crippen molar-refractivity contribution < 1.29 is 9.21 Å². The molecule has 1 aromatic heterocycles. The van der Waals surface area contributed by atoms with Crippen molar-refractivity contribution in [3.05, 3.63) is 51.3 Å². The first-order valence-electron chi connectivity index (χ1n) is 5.52. The molecule has 0 atom stereocenters. The quantitative estimate of drug-likeness (QED) is 0.867. The van der Waals surface area contributed by atoms with Crippen molar-refractivity contribution in [2.45, 2.75) is 6.54 Å². The molecule has 0 spiro atoms. The van der Waals surface area contributed by atoms with Gasteiger partial charge in [-0.3, -0.25) is 4.79 Å². The highest BCUT2D eigenvalue weighted by Gasteiger charge is 2.16. The SMILES string of the molecule is CN(Cc1ccc(Br)o1)C(=O)c1cc(Cl)ccc1N. The number of anilines is 1. The number of nitrogens with two attached hydrogens (primary N) is 1. The van der Waals surface area contributed by atoms with Crippen molar-refractivity contribution in [2.75, 3.05) is 12.8 Å². The van der Waals surface area contributed by atoms with Crippen molar-refractivity contribution in [1.82, 2.24) is 4.90 Å². The molecular formula is C13H12BrClN2O2. The minimum atomic E-state index is -0.201. The van der Waals surface area contributed by atoms with Crippen molar-refractivity contribution in [2.24, 2.45) is 0 Å². The maximum atomic E-state index is 12.3. The molecule has 1 heterocycles. The third-order valence-electron chi connectivity index (χ3n) is 2.61. The molecule has 0 aliphatic carbocycles. The molecule has 2 N–H and O–H groups in total. The van der Waals surface area contributed by atoms with E-state index in [4.69, 9.17) is 21.8 Å². The summed E-state index contributed by atoms with van der Waals surface area (Å²) in [5, 5.41) is 0.478. The van der Waals surface area contributed by atoms with Crippen molar-refractivity contribution >= 4 is 39.1 Å². The Kier molecular flexibility index (Phi) is 4.17. The summed E-state index contributed by atoms with van der Waals surface area (Å²) in [6.45, 7) is 0.358. The first kappa shape index (κ1) is 14.0. The zero-order chi connectivity index (χ0) is 14.0. The first-order chi connectivity index (χ1) is 8.97. The fraction of sp³-hybridized carbons (Fsp3) is 0.154. The van der Waals surface area contributed by atoms with Gasteiger partial charge in [0.2, 0.25) is 0 Å². The van der Waals surface area contributed by atoms with Gasteiger partial charge < -0.3 is 15.1 Å². The predicted molar refractivity (Wildman–Crippen MR) is 78.1 cm³/mol. The summed E-state index contributed by atoms with van der Waals surface area (Å²) < 4.78 is 5.99. The van der Waals surface area contributed by atoms with Gasteiger partial charge >= 0.3 is 0 Å². The Bertz CT molecular complexity index is 612. The highest BCUT2D eigenvalue weighted by Crippen LogP contribution is 2.21. The molecule has 0 aliphatic rings. The predicted octanol–water partition coefficient (Wildman–Crippen LogP) is 3.55. The molecule has 4 nitrogen and oxygen atoms in total. The third-order valence-corrected chi connectivity index (χ3v) is 3.28. The average molecular weight is 344 g/mol. The van der Waals surface area contributed by atoms with Gasteiger partial charge in [0.15, 0.2) is 4.67 Å².